The van der Waals surface area contributed by atoms with E-state index in [1.165, 1.54) is 0 Å². The number of hydrogen-bond donors (Lipinski definition) is 2. The molecule has 1 aliphatic rings. The highest BCUT2D eigenvalue weighted by Crippen LogP contribution is 2.32. The van der Waals surface area contributed by atoms with Gasteiger partial charge >= 0.3 is 0 Å². The van der Waals surface area contributed by atoms with E-state index in [2.05, 4.69) is 30.2 Å². The first kappa shape index (κ1) is 17.2. The maximum atomic E-state index is 12.8. The van der Waals surface area contributed by atoms with E-state index in [0.717, 1.165) is 29.2 Å². The van der Waals surface area contributed by atoms with Gasteiger partial charge in [-0.05, 0) is 30.3 Å². The number of carbonyl (C=O) groups is 1. The van der Waals surface area contributed by atoms with Gasteiger partial charge in [0.05, 0.1) is 29.5 Å². The van der Waals surface area contributed by atoms with Gasteiger partial charge in [-0.15, -0.1) is 0 Å². The third kappa shape index (κ3) is 3.14. The van der Waals surface area contributed by atoms with Crippen LogP contribution >= 0.6 is 0 Å². The topological polar surface area (TPSA) is 96.0 Å². The molecular formula is C21H18N6O2. The van der Waals surface area contributed by atoms with Gasteiger partial charge in [-0.25, -0.2) is 9.97 Å². The van der Waals surface area contributed by atoms with Gasteiger partial charge in [0.1, 0.15) is 17.9 Å². The van der Waals surface area contributed by atoms with E-state index in [1.807, 2.05) is 25.2 Å². The molecule has 0 fully saturated rings. The first-order chi connectivity index (χ1) is 14.2. The minimum atomic E-state index is -0.241. The fourth-order valence-electron chi connectivity index (χ4n) is 3.35. The second-order valence-electron chi connectivity index (χ2n) is 6.80. The summed E-state index contributed by atoms with van der Waals surface area (Å²) >= 11 is 0. The lowest BCUT2D eigenvalue weighted by atomic mass is 10.1. The third-order valence-corrected chi connectivity index (χ3v) is 4.83. The van der Waals surface area contributed by atoms with Crippen molar-refractivity contribution in [3.05, 3.63) is 60.6 Å². The highest BCUT2D eigenvalue weighted by Gasteiger charge is 2.19. The number of rotatable bonds is 3. The van der Waals surface area contributed by atoms with Crippen molar-refractivity contribution in [2.75, 3.05) is 30.4 Å². The van der Waals surface area contributed by atoms with Crippen LogP contribution in [0.1, 0.15) is 10.4 Å². The fourth-order valence-corrected chi connectivity index (χ4v) is 3.35. The molecular weight excluding hydrogens is 368 g/mol. The largest absolute Gasteiger partial charge is 0.488 e. The summed E-state index contributed by atoms with van der Waals surface area (Å²) in [5.41, 5.74) is 3.28. The summed E-state index contributed by atoms with van der Waals surface area (Å²) in [4.78, 5) is 31.3. The summed E-state index contributed by atoms with van der Waals surface area (Å²) in [5, 5.41) is 2.85. The number of aromatic nitrogens is 4. The minimum absolute atomic E-state index is 0.241. The van der Waals surface area contributed by atoms with Crippen LogP contribution in [-0.4, -0.2) is 46.0 Å². The summed E-state index contributed by atoms with van der Waals surface area (Å²) in [6, 6.07) is 10.9. The molecule has 0 saturated carbocycles. The molecule has 5 rings (SSSR count). The minimum Gasteiger partial charge on any atom is -0.488 e. The summed E-state index contributed by atoms with van der Waals surface area (Å²) < 4.78 is 5.74. The van der Waals surface area contributed by atoms with Gasteiger partial charge in [0.15, 0.2) is 11.6 Å². The Kier molecular flexibility index (Phi) is 4.09. The maximum Gasteiger partial charge on any atom is 0.257 e. The number of fused-ring (bicyclic) bond motifs is 2. The molecule has 3 aromatic heterocycles. The normalized spacial score (nSPS) is 13.1. The highest BCUT2D eigenvalue weighted by atomic mass is 16.5. The van der Waals surface area contributed by atoms with Crippen LogP contribution in [0.15, 0.2) is 55.0 Å². The maximum absolute atomic E-state index is 12.8. The van der Waals surface area contributed by atoms with E-state index in [9.17, 15) is 4.79 Å². The van der Waals surface area contributed by atoms with Crippen molar-refractivity contribution in [2.45, 2.75) is 0 Å². The van der Waals surface area contributed by atoms with E-state index in [4.69, 9.17) is 4.74 Å². The molecule has 8 nitrogen and oxygen atoms in total. The van der Waals surface area contributed by atoms with Crippen molar-refractivity contribution in [3.8, 4) is 17.1 Å². The van der Waals surface area contributed by atoms with Crippen LogP contribution in [0.4, 0.5) is 11.5 Å². The molecule has 1 amide bonds. The summed E-state index contributed by atoms with van der Waals surface area (Å²) in [6.07, 6.45) is 5.02. The summed E-state index contributed by atoms with van der Waals surface area (Å²) in [6.45, 7) is 1.42. The molecule has 4 aromatic rings. The van der Waals surface area contributed by atoms with Gasteiger partial charge in [-0.2, -0.15) is 0 Å². The van der Waals surface area contributed by atoms with Crippen molar-refractivity contribution < 1.29 is 9.53 Å². The Balaban J connectivity index is 1.51. The number of amides is 1. The molecule has 1 aliphatic heterocycles. The lowest BCUT2D eigenvalue weighted by Gasteiger charge is -2.26. The zero-order valence-corrected chi connectivity index (χ0v) is 15.7. The zero-order chi connectivity index (χ0) is 19.8. The number of nitrogens with one attached hydrogen (secondary N) is 2. The number of carbonyl (C=O) groups excluding carboxylic acids is 1. The standard InChI is InChI=1S/C21H18N6O2/c1-27-8-9-29-17-10-13(11-23-20(17)27)19-25-16-6-2-5-15(18(16)26-19)21(28)24-14-4-3-7-22-12-14/h2-7,10-12H,8-9H2,1H3,(H,24,28)(H,25,26). The Hall–Kier alpha value is -3.94. The Labute approximate surface area is 166 Å². The number of pyridine rings is 2. The predicted octanol–water partition coefficient (Wildman–Crippen LogP) is 3.10. The summed E-state index contributed by atoms with van der Waals surface area (Å²) in [5.74, 6) is 1.93. The van der Waals surface area contributed by atoms with E-state index in [0.29, 0.717) is 29.2 Å². The quantitative estimate of drug-likeness (QED) is 0.562. The van der Waals surface area contributed by atoms with Crippen LogP contribution in [0.25, 0.3) is 22.4 Å². The molecule has 0 spiro atoms. The highest BCUT2D eigenvalue weighted by molar-refractivity contribution is 6.11. The summed E-state index contributed by atoms with van der Waals surface area (Å²) in [7, 11) is 1.99. The Morgan fingerprint density at radius 2 is 2.17 bits per heavy atom. The third-order valence-electron chi connectivity index (χ3n) is 4.83. The van der Waals surface area contributed by atoms with Gasteiger partial charge in [0.25, 0.3) is 5.91 Å². The SMILES string of the molecule is CN1CCOc2cc(-c3nc4c(C(=O)Nc5cccnc5)cccc4[nH]3)cnc21. The van der Waals surface area contributed by atoms with Crippen LogP contribution < -0.4 is 15.0 Å². The molecule has 144 valence electrons. The van der Waals surface area contributed by atoms with Crippen molar-refractivity contribution in [1.29, 1.82) is 0 Å². The number of benzene rings is 1. The number of imidazole rings is 1. The lowest BCUT2D eigenvalue weighted by Crippen LogP contribution is -2.29. The van der Waals surface area contributed by atoms with Gasteiger partial charge in [0.2, 0.25) is 0 Å². The molecule has 1 aromatic carbocycles. The van der Waals surface area contributed by atoms with E-state index in [1.54, 1.807) is 36.8 Å². The van der Waals surface area contributed by atoms with Crippen LogP contribution in [0, 0.1) is 0 Å². The number of hydrogen-bond acceptors (Lipinski definition) is 6. The molecule has 0 unspecified atom stereocenters. The average Bonchev–Trinajstić information content (AvgIpc) is 3.19. The number of H-pyrrole nitrogens is 1. The van der Waals surface area contributed by atoms with Crippen LogP contribution in [0.3, 0.4) is 0 Å². The zero-order valence-electron chi connectivity index (χ0n) is 15.7. The first-order valence-electron chi connectivity index (χ1n) is 9.23. The van der Waals surface area contributed by atoms with E-state index < -0.39 is 0 Å². The van der Waals surface area contributed by atoms with Crippen LogP contribution in [0.2, 0.25) is 0 Å². The van der Waals surface area contributed by atoms with Crippen molar-refractivity contribution >= 4 is 28.4 Å². The Morgan fingerprint density at radius 3 is 3.03 bits per heavy atom. The molecule has 0 aliphatic carbocycles. The molecule has 2 N–H and O–H groups in total. The first-order valence-corrected chi connectivity index (χ1v) is 9.23. The number of likely N-dealkylation sites (N-methyl/N-ethyl adjacent to an activating group) is 1. The number of aromatic amines is 1. The molecule has 0 saturated heterocycles. The van der Waals surface area contributed by atoms with Gasteiger partial charge < -0.3 is 19.9 Å². The van der Waals surface area contributed by atoms with Crippen molar-refractivity contribution in [1.82, 2.24) is 19.9 Å². The molecule has 29 heavy (non-hydrogen) atoms. The van der Waals surface area contributed by atoms with Gasteiger partial charge in [0, 0.05) is 25.0 Å². The number of anilines is 2. The number of ether oxygens (including phenoxy) is 1. The number of para-hydroxylation sites is 1. The monoisotopic (exact) mass is 386 g/mol. The molecule has 0 bridgehead atoms. The van der Waals surface area contributed by atoms with Crippen molar-refractivity contribution in [3.63, 3.8) is 0 Å². The molecule has 8 heteroatoms. The van der Waals surface area contributed by atoms with E-state index in [-0.39, 0.29) is 5.91 Å². The van der Waals surface area contributed by atoms with Crippen LogP contribution in [0.5, 0.6) is 5.75 Å². The van der Waals surface area contributed by atoms with Crippen molar-refractivity contribution in [2.24, 2.45) is 0 Å². The average molecular weight is 386 g/mol. The number of nitrogens with zero attached hydrogens (tertiary/aromatic N) is 4. The Morgan fingerprint density at radius 1 is 1.24 bits per heavy atom. The smallest absolute Gasteiger partial charge is 0.257 e. The second-order valence-corrected chi connectivity index (χ2v) is 6.80. The fraction of sp³-hybridized carbons (Fsp3) is 0.143. The lowest BCUT2D eigenvalue weighted by molar-refractivity contribution is 0.102. The molecule has 0 radical (unpaired) electrons. The predicted molar refractivity (Wildman–Crippen MR) is 110 cm³/mol. The molecule has 0 atom stereocenters. The van der Waals surface area contributed by atoms with Gasteiger partial charge in [-0.3, -0.25) is 9.78 Å². The van der Waals surface area contributed by atoms with Crippen LogP contribution in [-0.2, 0) is 0 Å². The Bertz CT molecular complexity index is 1200. The van der Waals surface area contributed by atoms with Gasteiger partial charge in [-0.1, -0.05) is 6.07 Å². The molecule has 4 heterocycles. The second kappa shape index (κ2) is 6.90. The van der Waals surface area contributed by atoms with E-state index >= 15 is 0 Å².